The van der Waals surface area contributed by atoms with Crippen LogP contribution in [0, 0.1) is 0 Å². The Kier molecular flexibility index (Phi) is 2.21. The Bertz CT molecular complexity index is 535. The number of nitrogens with zero attached hydrogens (tertiary/aromatic N) is 4. The molecule has 84 valence electrons. The number of methoxy groups -OCH3 is 1. The highest BCUT2D eigenvalue weighted by Gasteiger charge is 2.23. The lowest BCUT2D eigenvalue weighted by Gasteiger charge is -2.26. The summed E-state index contributed by atoms with van der Waals surface area (Å²) in [5.41, 5.74) is 1.44. The molecule has 0 amide bonds. The van der Waals surface area contributed by atoms with Crippen LogP contribution in [-0.4, -0.2) is 26.6 Å². The quantitative estimate of drug-likeness (QED) is 0.753. The van der Waals surface area contributed by atoms with E-state index in [4.69, 9.17) is 16.3 Å². The summed E-state index contributed by atoms with van der Waals surface area (Å²) in [5.74, 6) is 0.438. The molecule has 16 heavy (non-hydrogen) atoms. The Balaban J connectivity index is 2.20. The molecule has 1 aliphatic rings. The van der Waals surface area contributed by atoms with E-state index in [-0.39, 0.29) is 5.28 Å². The first kappa shape index (κ1) is 9.84. The molecule has 0 atom stereocenters. The third-order valence-corrected chi connectivity index (χ3v) is 3.19. The summed E-state index contributed by atoms with van der Waals surface area (Å²) in [6.45, 7) is 0. The van der Waals surface area contributed by atoms with Crippen molar-refractivity contribution in [3.63, 3.8) is 0 Å². The highest BCUT2D eigenvalue weighted by Crippen LogP contribution is 2.34. The number of fused-ring (bicyclic) bond motifs is 1. The van der Waals surface area contributed by atoms with Crippen molar-refractivity contribution in [2.75, 3.05) is 7.11 Å². The summed E-state index contributed by atoms with van der Waals surface area (Å²) in [6.07, 6.45) is 5.41. The number of hydrogen-bond donors (Lipinski definition) is 0. The molecule has 0 spiro atoms. The number of aromatic nitrogens is 4. The minimum atomic E-state index is 0.199. The maximum atomic E-state index is 5.85. The summed E-state index contributed by atoms with van der Waals surface area (Å²) in [5, 5.41) is 0.199. The van der Waals surface area contributed by atoms with Gasteiger partial charge in [0.2, 0.25) is 11.2 Å². The van der Waals surface area contributed by atoms with Crippen molar-refractivity contribution < 1.29 is 4.74 Å². The Morgan fingerprint density at radius 2 is 2.25 bits per heavy atom. The largest absolute Gasteiger partial charge is 0.479 e. The van der Waals surface area contributed by atoms with Crippen LogP contribution in [-0.2, 0) is 0 Å². The van der Waals surface area contributed by atoms with Gasteiger partial charge >= 0.3 is 0 Å². The molecular formula is C10H11ClN4O. The molecule has 5 nitrogen and oxygen atoms in total. The van der Waals surface area contributed by atoms with E-state index in [1.54, 1.807) is 13.4 Å². The SMILES string of the molecule is COc1nc(Cl)nc2c1ncn2C1CCC1. The van der Waals surface area contributed by atoms with Gasteiger partial charge in [0.05, 0.1) is 13.4 Å². The summed E-state index contributed by atoms with van der Waals surface area (Å²) < 4.78 is 7.21. The van der Waals surface area contributed by atoms with Crippen LogP contribution >= 0.6 is 11.6 Å². The molecule has 0 aromatic carbocycles. The van der Waals surface area contributed by atoms with E-state index < -0.39 is 0 Å². The molecule has 0 radical (unpaired) electrons. The molecule has 0 aliphatic heterocycles. The lowest BCUT2D eigenvalue weighted by Crippen LogP contribution is -2.16. The van der Waals surface area contributed by atoms with Crippen molar-refractivity contribution in [3.05, 3.63) is 11.6 Å². The summed E-state index contributed by atoms with van der Waals surface area (Å²) in [4.78, 5) is 12.5. The van der Waals surface area contributed by atoms with Crippen LogP contribution in [0.15, 0.2) is 6.33 Å². The third-order valence-electron chi connectivity index (χ3n) is 3.02. The van der Waals surface area contributed by atoms with Crippen LogP contribution in [0.5, 0.6) is 5.88 Å². The van der Waals surface area contributed by atoms with E-state index in [1.807, 2.05) is 0 Å². The number of imidazole rings is 1. The molecule has 0 N–H and O–H groups in total. The Morgan fingerprint density at radius 3 is 2.88 bits per heavy atom. The molecule has 6 heteroatoms. The maximum Gasteiger partial charge on any atom is 0.246 e. The molecule has 0 unspecified atom stereocenters. The predicted molar refractivity (Wildman–Crippen MR) is 59.8 cm³/mol. The van der Waals surface area contributed by atoms with Gasteiger partial charge in [-0.1, -0.05) is 0 Å². The van der Waals surface area contributed by atoms with Crippen molar-refractivity contribution in [2.24, 2.45) is 0 Å². The van der Waals surface area contributed by atoms with Crippen molar-refractivity contribution in [1.29, 1.82) is 0 Å². The number of hydrogen-bond acceptors (Lipinski definition) is 4. The molecule has 1 aliphatic carbocycles. The average molecular weight is 239 g/mol. The highest BCUT2D eigenvalue weighted by atomic mass is 35.5. The minimum absolute atomic E-state index is 0.199. The van der Waals surface area contributed by atoms with Gasteiger partial charge in [-0.3, -0.25) is 0 Å². The van der Waals surface area contributed by atoms with Gasteiger partial charge in [-0.2, -0.15) is 9.97 Å². The first-order valence-corrected chi connectivity index (χ1v) is 5.61. The second kappa shape index (κ2) is 3.59. The Hall–Kier alpha value is -1.36. The van der Waals surface area contributed by atoms with E-state index >= 15 is 0 Å². The molecule has 3 rings (SSSR count). The second-order valence-corrected chi connectivity index (χ2v) is 4.25. The lowest BCUT2D eigenvalue weighted by molar-refractivity contribution is 0.319. The monoisotopic (exact) mass is 238 g/mol. The minimum Gasteiger partial charge on any atom is -0.479 e. The van der Waals surface area contributed by atoms with Crippen LogP contribution in [0.25, 0.3) is 11.2 Å². The third kappa shape index (κ3) is 1.35. The topological polar surface area (TPSA) is 52.8 Å². The Morgan fingerprint density at radius 1 is 1.44 bits per heavy atom. The van der Waals surface area contributed by atoms with Crippen molar-refractivity contribution in [2.45, 2.75) is 25.3 Å². The second-order valence-electron chi connectivity index (χ2n) is 3.91. The van der Waals surface area contributed by atoms with E-state index in [9.17, 15) is 0 Å². The predicted octanol–water partition coefficient (Wildman–Crippen LogP) is 2.21. The van der Waals surface area contributed by atoms with Gasteiger partial charge in [0.15, 0.2) is 11.2 Å². The van der Waals surface area contributed by atoms with Crippen LogP contribution in [0.1, 0.15) is 25.3 Å². The van der Waals surface area contributed by atoms with Gasteiger partial charge in [-0.05, 0) is 30.9 Å². The van der Waals surface area contributed by atoms with Gasteiger partial charge in [0.1, 0.15) is 0 Å². The first-order chi connectivity index (χ1) is 7.79. The van der Waals surface area contributed by atoms with Gasteiger partial charge in [0.25, 0.3) is 0 Å². The number of rotatable bonds is 2. The zero-order valence-electron chi connectivity index (χ0n) is 8.85. The molecule has 2 aromatic rings. The normalized spacial score (nSPS) is 16.4. The van der Waals surface area contributed by atoms with E-state index in [0.717, 1.165) is 5.65 Å². The zero-order valence-corrected chi connectivity index (χ0v) is 9.61. The molecular weight excluding hydrogens is 228 g/mol. The average Bonchev–Trinajstić information content (AvgIpc) is 2.58. The summed E-state index contributed by atoms with van der Waals surface area (Å²) in [7, 11) is 1.56. The van der Waals surface area contributed by atoms with Crippen molar-refractivity contribution >= 4 is 22.8 Å². The fraction of sp³-hybridized carbons (Fsp3) is 0.500. The van der Waals surface area contributed by atoms with Crippen LogP contribution in [0.4, 0.5) is 0 Å². The van der Waals surface area contributed by atoms with Gasteiger partial charge < -0.3 is 9.30 Å². The number of ether oxygens (including phenoxy) is 1. The lowest BCUT2D eigenvalue weighted by atomic mass is 9.93. The molecule has 0 bridgehead atoms. The van der Waals surface area contributed by atoms with E-state index in [0.29, 0.717) is 17.4 Å². The Labute approximate surface area is 97.4 Å². The van der Waals surface area contributed by atoms with Gasteiger partial charge in [-0.15, -0.1) is 0 Å². The first-order valence-electron chi connectivity index (χ1n) is 5.23. The fourth-order valence-electron chi connectivity index (χ4n) is 1.94. The zero-order chi connectivity index (χ0) is 11.1. The molecule has 2 heterocycles. The van der Waals surface area contributed by atoms with Crippen LogP contribution in [0.2, 0.25) is 5.28 Å². The van der Waals surface area contributed by atoms with Crippen molar-refractivity contribution in [3.8, 4) is 5.88 Å². The molecule has 0 saturated heterocycles. The van der Waals surface area contributed by atoms with Gasteiger partial charge in [-0.25, -0.2) is 4.98 Å². The number of halogens is 1. The molecule has 1 saturated carbocycles. The van der Waals surface area contributed by atoms with Crippen LogP contribution in [0.3, 0.4) is 0 Å². The van der Waals surface area contributed by atoms with Crippen molar-refractivity contribution in [1.82, 2.24) is 19.5 Å². The van der Waals surface area contributed by atoms with E-state index in [2.05, 4.69) is 19.5 Å². The standard InChI is InChI=1S/C10H11ClN4O/c1-16-9-7-8(13-10(11)14-9)15(5-12-7)6-3-2-4-6/h5-6H,2-4H2,1H3. The van der Waals surface area contributed by atoms with Crippen LogP contribution < -0.4 is 4.74 Å². The van der Waals surface area contributed by atoms with Gasteiger partial charge in [0, 0.05) is 6.04 Å². The summed E-state index contributed by atoms with van der Waals surface area (Å²) >= 11 is 5.85. The smallest absolute Gasteiger partial charge is 0.246 e. The fourth-order valence-corrected chi connectivity index (χ4v) is 2.10. The van der Waals surface area contributed by atoms with E-state index in [1.165, 1.54) is 19.3 Å². The summed E-state index contributed by atoms with van der Waals surface area (Å²) in [6, 6.07) is 0.501. The molecule has 2 aromatic heterocycles. The highest BCUT2D eigenvalue weighted by molar-refractivity contribution is 6.28. The maximum absolute atomic E-state index is 5.85. The molecule has 1 fully saturated rings.